The molecule has 2 fully saturated rings. The van der Waals surface area contributed by atoms with Crippen molar-refractivity contribution in [2.75, 3.05) is 26.8 Å². The highest BCUT2D eigenvalue weighted by atomic mass is 32.1. The molecule has 0 saturated heterocycles. The van der Waals surface area contributed by atoms with E-state index in [0.717, 1.165) is 36.0 Å². The zero-order valence-electron chi connectivity index (χ0n) is 10.00. The van der Waals surface area contributed by atoms with Gasteiger partial charge in [-0.05, 0) is 55.7 Å². The van der Waals surface area contributed by atoms with Crippen LogP contribution in [0.5, 0.6) is 0 Å². The van der Waals surface area contributed by atoms with Crippen LogP contribution in [0.3, 0.4) is 0 Å². The molecular formula is C12H22N2OS. The van der Waals surface area contributed by atoms with Crippen LogP contribution in [-0.2, 0) is 4.74 Å². The summed E-state index contributed by atoms with van der Waals surface area (Å²) in [7, 11) is 1.70. The number of methoxy groups -OCH3 is 1. The first-order valence-corrected chi connectivity index (χ1v) is 6.72. The Morgan fingerprint density at radius 2 is 1.88 bits per heavy atom. The number of hydrogen-bond acceptors (Lipinski definition) is 2. The van der Waals surface area contributed by atoms with Crippen LogP contribution in [0.2, 0.25) is 0 Å². The van der Waals surface area contributed by atoms with Crippen LogP contribution in [0.4, 0.5) is 0 Å². The minimum absolute atomic E-state index is 0.705. The molecule has 3 nitrogen and oxygen atoms in total. The van der Waals surface area contributed by atoms with Crippen molar-refractivity contribution < 1.29 is 4.74 Å². The highest BCUT2D eigenvalue weighted by Crippen LogP contribution is 2.48. The zero-order chi connectivity index (χ0) is 11.4. The molecule has 0 atom stereocenters. The fourth-order valence-corrected chi connectivity index (χ4v) is 2.49. The van der Waals surface area contributed by atoms with Crippen LogP contribution in [0.15, 0.2) is 0 Å². The van der Waals surface area contributed by atoms with Crippen LogP contribution in [0.1, 0.15) is 25.7 Å². The highest BCUT2D eigenvalue weighted by molar-refractivity contribution is 7.80. The van der Waals surface area contributed by atoms with Gasteiger partial charge >= 0.3 is 0 Å². The predicted molar refractivity (Wildman–Crippen MR) is 69.4 cm³/mol. The Morgan fingerprint density at radius 1 is 1.25 bits per heavy atom. The summed E-state index contributed by atoms with van der Waals surface area (Å²) < 4.78 is 4.96. The largest absolute Gasteiger partial charge is 0.383 e. The van der Waals surface area contributed by atoms with Crippen LogP contribution >= 0.6 is 12.2 Å². The fraction of sp³-hybridized carbons (Fsp3) is 0.917. The van der Waals surface area contributed by atoms with Crippen molar-refractivity contribution in [1.29, 1.82) is 0 Å². The van der Waals surface area contributed by atoms with E-state index in [4.69, 9.17) is 17.0 Å². The molecule has 0 aromatic carbocycles. The minimum Gasteiger partial charge on any atom is -0.383 e. The third-order valence-corrected chi connectivity index (χ3v) is 3.83. The van der Waals surface area contributed by atoms with Crippen molar-refractivity contribution in [2.24, 2.45) is 17.8 Å². The van der Waals surface area contributed by atoms with Crippen molar-refractivity contribution in [3.8, 4) is 0 Å². The first-order chi connectivity index (χ1) is 7.81. The quantitative estimate of drug-likeness (QED) is 0.524. The molecule has 2 rings (SSSR count). The Balaban J connectivity index is 1.59. The van der Waals surface area contributed by atoms with Gasteiger partial charge in [-0.25, -0.2) is 0 Å². The van der Waals surface area contributed by atoms with E-state index >= 15 is 0 Å². The van der Waals surface area contributed by atoms with E-state index < -0.39 is 0 Å². The summed E-state index contributed by atoms with van der Waals surface area (Å²) in [6.07, 6.45) is 5.75. The van der Waals surface area contributed by atoms with E-state index in [1.165, 1.54) is 25.7 Å². The van der Waals surface area contributed by atoms with Gasteiger partial charge in [-0.15, -0.1) is 0 Å². The van der Waals surface area contributed by atoms with Gasteiger partial charge in [0.05, 0.1) is 6.61 Å². The van der Waals surface area contributed by atoms with Gasteiger partial charge in [0.2, 0.25) is 0 Å². The topological polar surface area (TPSA) is 33.3 Å². The van der Waals surface area contributed by atoms with Gasteiger partial charge in [0.25, 0.3) is 0 Å². The van der Waals surface area contributed by atoms with E-state index in [9.17, 15) is 0 Å². The maximum Gasteiger partial charge on any atom is 0.166 e. The molecule has 2 aliphatic carbocycles. The average Bonchev–Trinajstić information content (AvgIpc) is 3.13. The normalized spacial score (nSPS) is 19.9. The van der Waals surface area contributed by atoms with E-state index in [2.05, 4.69) is 10.6 Å². The maximum atomic E-state index is 5.22. The Kier molecular flexibility index (Phi) is 4.41. The number of nitrogens with one attached hydrogen (secondary N) is 2. The molecule has 0 aromatic heterocycles. The van der Waals surface area contributed by atoms with Crippen molar-refractivity contribution in [3.63, 3.8) is 0 Å². The minimum atomic E-state index is 0.705. The van der Waals surface area contributed by atoms with Crippen molar-refractivity contribution in [3.05, 3.63) is 0 Å². The van der Waals surface area contributed by atoms with Crippen molar-refractivity contribution in [2.45, 2.75) is 25.7 Å². The van der Waals surface area contributed by atoms with Crippen molar-refractivity contribution >= 4 is 17.3 Å². The molecule has 92 valence electrons. The number of rotatable bonds is 7. The average molecular weight is 242 g/mol. The molecule has 0 spiro atoms. The fourth-order valence-electron chi connectivity index (χ4n) is 2.31. The second-order valence-electron chi connectivity index (χ2n) is 4.97. The lowest BCUT2D eigenvalue weighted by Crippen LogP contribution is -2.40. The third kappa shape index (κ3) is 3.91. The number of thiocarbonyl (C=S) groups is 1. The Labute approximate surface area is 103 Å². The molecule has 0 unspecified atom stereocenters. The van der Waals surface area contributed by atoms with E-state index in [1.54, 1.807) is 7.11 Å². The van der Waals surface area contributed by atoms with Crippen molar-refractivity contribution in [1.82, 2.24) is 10.6 Å². The van der Waals surface area contributed by atoms with Gasteiger partial charge in [0.1, 0.15) is 0 Å². The van der Waals surface area contributed by atoms with Crippen LogP contribution < -0.4 is 10.6 Å². The van der Waals surface area contributed by atoms with Gasteiger partial charge in [-0.3, -0.25) is 0 Å². The molecule has 0 aliphatic heterocycles. The second-order valence-corrected chi connectivity index (χ2v) is 5.38. The van der Waals surface area contributed by atoms with Gasteiger partial charge in [-0.1, -0.05) is 0 Å². The van der Waals surface area contributed by atoms with Crippen LogP contribution in [0, 0.1) is 17.8 Å². The molecule has 4 heteroatoms. The summed E-state index contributed by atoms with van der Waals surface area (Å²) in [6, 6.07) is 0. The maximum absolute atomic E-state index is 5.22. The molecule has 16 heavy (non-hydrogen) atoms. The molecule has 0 amide bonds. The second kappa shape index (κ2) is 5.82. The van der Waals surface area contributed by atoms with Gasteiger partial charge in [0.15, 0.2) is 5.11 Å². The molecule has 0 heterocycles. The molecule has 0 bridgehead atoms. The Bertz CT molecular complexity index is 227. The summed E-state index contributed by atoms with van der Waals surface area (Å²) in [5.74, 6) is 2.85. The molecule has 2 N–H and O–H groups in total. The first kappa shape index (κ1) is 12.1. The SMILES string of the molecule is COCCNC(=S)NCC(C1CC1)C1CC1. The lowest BCUT2D eigenvalue weighted by atomic mass is 9.98. The molecule has 0 radical (unpaired) electrons. The predicted octanol–water partition coefficient (Wildman–Crippen LogP) is 1.53. The summed E-state index contributed by atoms with van der Waals surface area (Å²) >= 11 is 5.22. The van der Waals surface area contributed by atoms with Crippen LogP contribution in [0.25, 0.3) is 0 Å². The number of hydrogen-bond donors (Lipinski definition) is 2. The number of ether oxygens (including phenoxy) is 1. The standard InChI is InChI=1S/C12H22N2OS/c1-15-7-6-13-12(16)14-8-11(9-2-3-9)10-4-5-10/h9-11H,2-8H2,1H3,(H2,13,14,16). The summed E-state index contributed by atoms with van der Waals surface area (Å²) in [4.78, 5) is 0. The molecular weight excluding hydrogens is 220 g/mol. The summed E-state index contributed by atoms with van der Waals surface area (Å²) in [5, 5.41) is 7.28. The van der Waals surface area contributed by atoms with Gasteiger partial charge < -0.3 is 15.4 Å². The summed E-state index contributed by atoms with van der Waals surface area (Å²) in [5.41, 5.74) is 0. The van der Waals surface area contributed by atoms with E-state index in [-0.39, 0.29) is 0 Å². The van der Waals surface area contributed by atoms with E-state index in [1.807, 2.05) is 0 Å². The van der Waals surface area contributed by atoms with Gasteiger partial charge in [0, 0.05) is 20.2 Å². The molecule has 0 aromatic rings. The monoisotopic (exact) mass is 242 g/mol. The lowest BCUT2D eigenvalue weighted by Gasteiger charge is -2.18. The zero-order valence-corrected chi connectivity index (χ0v) is 10.8. The summed E-state index contributed by atoms with van der Waals surface area (Å²) in [6.45, 7) is 2.56. The third-order valence-electron chi connectivity index (χ3n) is 3.55. The lowest BCUT2D eigenvalue weighted by molar-refractivity contribution is 0.204. The van der Waals surface area contributed by atoms with Gasteiger partial charge in [-0.2, -0.15) is 0 Å². The first-order valence-electron chi connectivity index (χ1n) is 6.32. The molecule has 2 saturated carbocycles. The Morgan fingerprint density at radius 3 is 2.38 bits per heavy atom. The van der Waals surface area contributed by atoms with Crippen LogP contribution in [-0.4, -0.2) is 31.9 Å². The Hall–Kier alpha value is -0.350. The molecule has 2 aliphatic rings. The smallest absolute Gasteiger partial charge is 0.166 e. The van der Waals surface area contributed by atoms with E-state index in [0.29, 0.717) is 6.61 Å². The highest BCUT2D eigenvalue weighted by Gasteiger charge is 2.41.